The number of carbonyl (C=O) groups is 1. The van der Waals surface area contributed by atoms with Gasteiger partial charge in [0, 0.05) is 26.3 Å². The predicted molar refractivity (Wildman–Crippen MR) is 104 cm³/mol. The fourth-order valence-electron chi connectivity index (χ4n) is 2.87. The first-order valence-corrected chi connectivity index (χ1v) is 10.5. The number of nitrogens with zero attached hydrogens (tertiary/aromatic N) is 1. The van der Waals surface area contributed by atoms with E-state index in [1.807, 2.05) is 18.2 Å². The van der Waals surface area contributed by atoms with E-state index in [-0.39, 0.29) is 23.2 Å². The van der Waals surface area contributed by atoms with E-state index in [1.54, 1.807) is 11.9 Å². The fraction of sp³-hybridized carbons (Fsp3) is 0.350. The van der Waals surface area contributed by atoms with E-state index in [2.05, 4.69) is 0 Å². The van der Waals surface area contributed by atoms with Crippen LogP contribution in [-0.4, -0.2) is 59.0 Å². The second-order valence-electron chi connectivity index (χ2n) is 6.48. The van der Waals surface area contributed by atoms with Gasteiger partial charge in [0.25, 0.3) is 5.91 Å². The van der Waals surface area contributed by atoms with Gasteiger partial charge >= 0.3 is 0 Å². The lowest BCUT2D eigenvalue weighted by Gasteiger charge is -2.21. The highest BCUT2D eigenvalue weighted by molar-refractivity contribution is 7.91. The summed E-state index contributed by atoms with van der Waals surface area (Å²) < 4.78 is 40.2. The van der Waals surface area contributed by atoms with E-state index in [9.17, 15) is 13.2 Å². The van der Waals surface area contributed by atoms with Crippen LogP contribution < -0.4 is 9.47 Å². The summed E-state index contributed by atoms with van der Waals surface area (Å²) in [6.07, 6.45) is 0. The third-order valence-corrected chi connectivity index (χ3v) is 6.08. The standard InChI is InChI=1S/C20H23NO6S/c1-21(14-15-3-8-18-19(13-15)27-10-9-26-18)20(22)16-4-6-17(7-5-16)28(23,24)12-11-25-2/h3-8,13H,9-12,14H2,1-2H3. The maximum absolute atomic E-state index is 12.7. The molecule has 28 heavy (non-hydrogen) atoms. The lowest BCUT2D eigenvalue weighted by molar-refractivity contribution is 0.0784. The van der Waals surface area contributed by atoms with Crippen molar-refractivity contribution in [1.82, 2.24) is 4.90 Å². The van der Waals surface area contributed by atoms with E-state index in [4.69, 9.17) is 14.2 Å². The molecule has 0 spiro atoms. The molecule has 1 aliphatic rings. The Morgan fingerprint density at radius 1 is 1.07 bits per heavy atom. The van der Waals surface area contributed by atoms with Gasteiger partial charge in [-0.2, -0.15) is 0 Å². The van der Waals surface area contributed by atoms with Crippen molar-refractivity contribution in [3.05, 3.63) is 53.6 Å². The molecule has 0 aromatic heterocycles. The number of benzene rings is 2. The van der Waals surface area contributed by atoms with Crippen molar-refractivity contribution in [2.45, 2.75) is 11.4 Å². The number of fused-ring (bicyclic) bond motifs is 1. The second-order valence-corrected chi connectivity index (χ2v) is 8.58. The first-order valence-electron chi connectivity index (χ1n) is 8.86. The molecule has 1 amide bonds. The van der Waals surface area contributed by atoms with Gasteiger partial charge in [-0.15, -0.1) is 0 Å². The molecule has 1 aliphatic heterocycles. The van der Waals surface area contributed by atoms with Gasteiger partial charge in [-0.1, -0.05) is 6.07 Å². The number of hydrogen-bond donors (Lipinski definition) is 0. The normalized spacial score (nSPS) is 13.2. The first-order chi connectivity index (χ1) is 13.4. The molecule has 0 aliphatic carbocycles. The van der Waals surface area contributed by atoms with Crippen LogP contribution in [0.1, 0.15) is 15.9 Å². The molecule has 2 aromatic rings. The van der Waals surface area contributed by atoms with Gasteiger partial charge in [-0.25, -0.2) is 8.42 Å². The van der Waals surface area contributed by atoms with Crippen LogP contribution in [0.5, 0.6) is 11.5 Å². The van der Waals surface area contributed by atoms with Crippen LogP contribution in [0.2, 0.25) is 0 Å². The van der Waals surface area contributed by atoms with Crippen LogP contribution in [0.3, 0.4) is 0 Å². The van der Waals surface area contributed by atoms with E-state index >= 15 is 0 Å². The molecule has 0 unspecified atom stereocenters. The van der Waals surface area contributed by atoms with Crippen molar-refractivity contribution in [2.24, 2.45) is 0 Å². The largest absolute Gasteiger partial charge is 0.486 e. The molecule has 2 aromatic carbocycles. The minimum absolute atomic E-state index is 0.0964. The topological polar surface area (TPSA) is 82.1 Å². The lowest BCUT2D eigenvalue weighted by atomic mass is 10.1. The van der Waals surface area contributed by atoms with Crippen LogP contribution in [0.15, 0.2) is 47.4 Å². The highest BCUT2D eigenvalue weighted by atomic mass is 32.2. The quantitative estimate of drug-likeness (QED) is 0.702. The van der Waals surface area contributed by atoms with Crippen molar-refractivity contribution in [1.29, 1.82) is 0 Å². The number of methoxy groups -OCH3 is 1. The smallest absolute Gasteiger partial charge is 0.253 e. The minimum Gasteiger partial charge on any atom is -0.486 e. The summed E-state index contributed by atoms with van der Waals surface area (Å²) in [5.74, 6) is 1.08. The minimum atomic E-state index is -3.42. The van der Waals surface area contributed by atoms with Crippen molar-refractivity contribution < 1.29 is 27.4 Å². The van der Waals surface area contributed by atoms with Crippen molar-refractivity contribution >= 4 is 15.7 Å². The average molecular weight is 405 g/mol. The number of rotatable bonds is 7. The third kappa shape index (κ3) is 4.63. The molecule has 7 nitrogen and oxygen atoms in total. The number of hydrogen-bond acceptors (Lipinski definition) is 6. The molecule has 8 heteroatoms. The van der Waals surface area contributed by atoms with Gasteiger partial charge in [0.15, 0.2) is 21.3 Å². The van der Waals surface area contributed by atoms with Crippen molar-refractivity contribution in [2.75, 3.05) is 39.7 Å². The molecule has 150 valence electrons. The van der Waals surface area contributed by atoms with E-state index in [1.165, 1.54) is 31.4 Å². The maximum atomic E-state index is 12.7. The Balaban J connectivity index is 1.68. The molecule has 3 rings (SSSR count). The first kappa shape index (κ1) is 20.2. The summed E-state index contributed by atoms with van der Waals surface area (Å²) in [5.41, 5.74) is 1.34. The van der Waals surface area contributed by atoms with Gasteiger partial charge < -0.3 is 19.1 Å². The number of amides is 1. The molecule has 1 heterocycles. The molecule has 0 fully saturated rings. The number of ether oxygens (including phenoxy) is 3. The zero-order chi connectivity index (χ0) is 20.1. The van der Waals surface area contributed by atoms with Crippen LogP contribution in [0.4, 0.5) is 0 Å². The highest BCUT2D eigenvalue weighted by Crippen LogP contribution is 2.31. The summed E-state index contributed by atoms with van der Waals surface area (Å²) in [5, 5.41) is 0. The maximum Gasteiger partial charge on any atom is 0.253 e. The molecule has 0 N–H and O–H groups in total. The van der Waals surface area contributed by atoms with E-state index < -0.39 is 9.84 Å². The molecular formula is C20H23NO6S. The molecule has 0 saturated carbocycles. The van der Waals surface area contributed by atoms with Crippen LogP contribution >= 0.6 is 0 Å². The summed E-state index contributed by atoms with van der Waals surface area (Å²) >= 11 is 0. The van der Waals surface area contributed by atoms with Crippen molar-refractivity contribution in [3.8, 4) is 11.5 Å². The summed E-state index contributed by atoms with van der Waals surface area (Å²) in [7, 11) is -0.268. The average Bonchev–Trinajstić information content (AvgIpc) is 2.71. The highest BCUT2D eigenvalue weighted by Gasteiger charge is 2.18. The molecular weight excluding hydrogens is 382 g/mol. The zero-order valence-corrected chi connectivity index (χ0v) is 16.7. The Labute approximate surface area is 164 Å². The van der Waals surface area contributed by atoms with E-state index in [0.29, 0.717) is 36.8 Å². The Morgan fingerprint density at radius 3 is 2.43 bits per heavy atom. The van der Waals surface area contributed by atoms with Gasteiger partial charge in [0.05, 0.1) is 17.3 Å². The van der Waals surface area contributed by atoms with E-state index in [0.717, 1.165) is 5.56 Å². The summed E-state index contributed by atoms with van der Waals surface area (Å²) in [4.78, 5) is 14.4. The summed E-state index contributed by atoms with van der Waals surface area (Å²) in [6.45, 7) is 1.55. The monoisotopic (exact) mass is 405 g/mol. The Hall–Kier alpha value is -2.58. The van der Waals surface area contributed by atoms with Crippen LogP contribution in [0, 0.1) is 0 Å². The fourth-order valence-corrected chi connectivity index (χ4v) is 4.04. The number of carbonyl (C=O) groups excluding carboxylic acids is 1. The lowest BCUT2D eigenvalue weighted by Crippen LogP contribution is -2.26. The van der Waals surface area contributed by atoms with Gasteiger partial charge in [-0.05, 0) is 42.0 Å². The van der Waals surface area contributed by atoms with Crippen molar-refractivity contribution in [3.63, 3.8) is 0 Å². The van der Waals surface area contributed by atoms with Gasteiger partial charge in [0.1, 0.15) is 13.2 Å². The van der Waals surface area contributed by atoms with Crippen LogP contribution in [-0.2, 0) is 21.1 Å². The second kappa shape index (κ2) is 8.62. The Morgan fingerprint density at radius 2 is 1.75 bits per heavy atom. The molecule has 0 atom stereocenters. The molecule has 0 radical (unpaired) electrons. The molecule has 0 saturated heterocycles. The SMILES string of the molecule is COCCS(=O)(=O)c1ccc(C(=O)N(C)Cc2ccc3c(c2)OCCO3)cc1. The van der Waals surface area contributed by atoms with Gasteiger partial charge in [-0.3, -0.25) is 4.79 Å². The molecule has 0 bridgehead atoms. The zero-order valence-electron chi connectivity index (χ0n) is 15.9. The predicted octanol–water partition coefficient (Wildman–Crippen LogP) is 2.15. The van der Waals surface area contributed by atoms with Crippen LogP contribution in [0.25, 0.3) is 0 Å². The summed E-state index contributed by atoms with van der Waals surface area (Å²) in [6, 6.07) is 11.6. The number of sulfone groups is 1. The van der Waals surface area contributed by atoms with Gasteiger partial charge in [0.2, 0.25) is 0 Å². The Bertz CT molecular complexity index is 940. The Kier molecular flexibility index (Phi) is 6.21. The third-order valence-electron chi connectivity index (χ3n) is 4.39.